The quantitative estimate of drug-likeness (QED) is 0.914. The van der Waals surface area contributed by atoms with E-state index in [0.717, 1.165) is 11.6 Å². The van der Waals surface area contributed by atoms with Gasteiger partial charge in [0.05, 0.1) is 11.6 Å². The van der Waals surface area contributed by atoms with E-state index in [1.807, 2.05) is 6.07 Å². The van der Waals surface area contributed by atoms with Crippen molar-refractivity contribution in [2.24, 2.45) is 0 Å². The molecule has 0 spiro atoms. The number of nitrogens with zero attached hydrogens (tertiary/aromatic N) is 2. The number of hydrogen-bond acceptors (Lipinski definition) is 4. The van der Waals surface area contributed by atoms with Gasteiger partial charge in [0.25, 0.3) is 5.91 Å². The van der Waals surface area contributed by atoms with Gasteiger partial charge in [-0.2, -0.15) is 18.2 Å². The van der Waals surface area contributed by atoms with Gasteiger partial charge in [-0.05, 0) is 18.6 Å². The van der Waals surface area contributed by atoms with Crippen LogP contribution in [0.25, 0.3) is 0 Å². The van der Waals surface area contributed by atoms with Gasteiger partial charge >= 0.3 is 6.18 Å². The summed E-state index contributed by atoms with van der Waals surface area (Å²) >= 11 is 0. The summed E-state index contributed by atoms with van der Waals surface area (Å²) in [6, 6.07) is 9.32. The zero-order valence-corrected chi connectivity index (χ0v) is 12.7. The number of aromatic nitrogens is 1. The van der Waals surface area contributed by atoms with Crippen molar-refractivity contribution >= 4 is 17.4 Å². The maximum absolute atomic E-state index is 13.1. The Morgan fingerprint density at radius 1 is 1.29 bits per heavy atom. The van der Waals surface area contributed by atoms with Crippen molar-refractivity contribution < 1.29 is 22.7 Å². The van der Waals surface area contributed by atoms with E-state index in [2.05, 4.69) is 4.98 Å². The van der Waals surface area contributed by atoms with E-state index in [9.17, 15) is 18.0 Å². The highest BCUT2D eigenvalue weighted by molar-refractivity contribution is 5.98. The zero-order chi connectivity index (χ0) is 17.5. The van der Waals surface area contributed by atoms with E-state index in [0.29, 0.717) is 0 Å². The Morgan fingerprint density at radius 2 is 1.96 bits per heavy atom. The fourth-order valence-corrected chi connectivity index (χ4v) is 2.64. The highest BCUT2D eigenvalue weighted by Gasteiger charge is 2.38. The van der Waals surface area contributed by atoms with Crippen molar-refractivity contribution in [3.63, 3.8) is 0 Å². The lowest BCUT2D eigenvalue weighted by Crippen LogP contribution is -2.41. The second-order valence-electron chi connectivity index (χ2n) is 5.38. The molecule has 2 heterocycles. The number of benzene rings is 1. The smallest absolute Gasteiger partial charge is 0.420 e. The van der Waals surface area contributed by atoms with Crippen LogP contribution in [0.4, 0.5) is 24.7 Å². The summed E-state index contributed by atoms with van der Waals surface area (Å²) in [5.74, 6) is -1.20. The molecule has 1 aliphatic rings. The molecule has 0 saturated carbocycles. The van der Waals surface area contributed by atoms with Crippen molar-refractivity contribution in [3.05, 3.63) is 47.5 Å². The van der Waals surface area contributed by atoms with Crippen LogP contribution in [0.2, 0.25) is 0 Å². The number of hydrogen-bond donors (Lipinski definition) is 1. The van der Waals surface area contributed by atoms with Crippen molar-refractivity contribution in [2.75, 3.05) is 17.2 Å². The van der Waals surface area contributed by atoms with Crippen LogP contribution >= 0.6 is 0 Å². The molecule has 1 aromatic heterocycles. The number of rotatable bonds is 2. The van der Waals surface area contributed by atoms with Crippen LogP contribution in [0, 0.1) is 0 Å². The minimum Gasteiger partial charge on any atom is -0.466 e. The first-order chi connectivity index (χ1) is 11.3. The Bertz CT molecular complexity index is 778. The number of carbonyl (C=O) groups excluding carboxylic acids is 1. The molecule has 126 valence electrons. The van der Waals surface area contributed by atoms with Gasteiger partial charge in [-0.15, -0.1) is 0 Å². The normalized spacial score (nSPS) is 15.7. The van der Waals surface area contributed by atoms with Crippen LogP contribution in [0.3, 0.4) is 0 Å². The molecule has 0 unspecified atom stereocenters. The average Bonchev–Trinajstić information content (AvgIpc) is 2.54. The van der Waals surface area contributed by atoms with E-state index >= 15 is 0 Å². The number of carbonyl (C=O) groups is 1. The average molecular weight is 337 g/mol. The predicted octanol–water partition coefficient (Wildman–Crippen LogP) is 3.17. The fourth-order valence-electron chi connectivity index (χ4n) is 2.64. The summed E-state index contributed by atoms with van der Waals surface area (Å²) in [5.41, 5.74) is 5.03. The highest BCUT2D eigenvalue weighted by Crippen LogP contribution is 2.42. The molecule has 2 N–H and O–H groups in total. The van der Waals surface area contributed by atoms with Gasteiger partial charge in [-0.3, -0.25) is 9.69 Å². The molecular formula is C16H14F3N3O2. The van der Waals surface area contributed by atoms with E-state index < -0.39 is 29.5 Å². The third kappa shape index (κ3) is 2.75. The molecule has 0 saturated heterocycles. The van der Waals surface area contributed by atoms with Gasteiger partial charge in [0.15, 0.2) is 6.61 Å². The largest absolute Gasteiger partial charge is 0.466 e. The molecule has 8 heteroatoms. The highest BCUT2D eigenvalue weighted by atomic mass is 19.4. The number of pyridine rings is 1. The maximum Gasteiger partial charge on any atom is 0.420 e. The molecule has 0 radical (unpaired) electrons. The van der Waals surface area contributed by atoms with E-state index in [1.54, 1.807) is 31.2 Å². The summed E-state index contributed by atoms with van der Waals surface area (Å²) in [4.78, 5) is 17.2. The molecule has 1 aromatic carbocycles. The molecule has 1 amide bonds. The predicted molar refractivity (Wildman–Crippen MR) is 81.5 cm³/mol. The van der Waals surface area contributed by atoms with Crippen LogP contribution < -0.4 is 15.4 Å². The van der Waals surface area contributed by atoms with E-state index in [4.69, 9.17) is 10.5 Å². The number of nitrogen functional groups attached to an aromatic ring is 1. The van der Waals surface area contributed by atoms with Gasteiger partial charge in [0, 0.05) is 0 Å². The SMILES string of the molecule is C[C@@H](c1ccccc1)N1C(=O)COc2nc(N)c(C(F)(F)F)cc21. The number of halogens is 3. The summed E-state index contributed by atoms with van der Waals surface area (Å²) < 4.78 is 44.5. The summed E-state index contributed by atoms with van der Waals surface area (Å²) in [6.07, 6.45) is -4.67. The first-order valence-electron chi connectivity index (χ1n) is 7.16. The number of anilines is 2. The lowest BCUT2D eigenvalue weighted by atomic mass is 10.1. The van der Waals surface area contributed by atoms with Crippen molar-refractivity contribution in [1.82, 2.24) is 4.98 Å². The van der Waals surface area contributed by atoms with Gasteiger partial charge in [-0.25, -0.2) is 0 Å². The molecule has 0 aliphatic carbocycles. The zero-order valence-electron chi connectivity index (χ0n) is 12.7. The van der Waals surface area contributed by atoms with Crippen molar-refractivity contribution in [3.8, 4) is 5.88 Å². The Labute approximate surface area is 135 Å². The molecule has 0 fully saturated rings. The lowest BCUT2D eigenvalue weighted by molar-refractivity contribution is -0.137. The van der Waals surface area contributed by atoms with E-state index in [-0.39, 0.29) is 18.2 Å². The Kier molecular flexibility index (Phi) is 3.82. The lowest BCUT2D eigenvalue weighted by Gasteiger charge is -2.34. The number of fused-ring (bicyclic) bond motifs is 1. The summed E-state index contributed by atoms with van der Waals surface area (Å²) in [6.45, 7) is 1.42. The van der Waals surface area contributed by atoms with Crippen molar-refractivity contribution in [1.29, 1.82) is 0 Å². The van der Waals surface area contributed by atoms with Gasteiger partial charge in [0.1, 0.15) is 11.5 Å². The third-order valence-electron chi connectivity index (χ3n) is 3.83. The minimum atomic E-state index is -4.67. The van der Waals surface area contributed by atoms with Gasteiger partial charge < -0.3 is 10.5 Å². The number of nitrogens with two attached hydrogens (primary N) is 1. The molecule has 24 heavy (non-hydrogen) atoms. The second-order valence-corrected chi connectivity index (χ2v) is 5.38. The van der Waals surface area contributed by atoms with Crippen molar-refractivity contribution in [2.45, 2.75) is 19.1 Å². The third-order valence-corrected chi connectivity index (χ3v) is 3.83. The van der Waals surface area contributed by atoms with E-state index in [1.165, 1.54) is 4.90 Å². The number of ether oxygens (including phenoxy) is 1. The van der Waals surface area contributed by atoms with Crippen LogP contribution in [0.1, 0.15) is 24.1 Å². The van der Waals surface area contributed by atoms with Gasteiger partial charge in [-0.1, -0.05) is 30.3 Å². The number of alkyl halides is 3. The molecule has 0 bridgehead atoms. The molecular weight excluding hydrogens is 323 g/mol. The standard InChI is InChI=1S/C16H14F3N3O2/c1-9(10-5-3-2-4-6-10)22-12-7-11(16(17,18)19)14(20)21-15(12)24-8-13(22)23/h2-7,9H,8H2,1H3,(H2,20,21)/t9-/m0/s1. The summed E-state index contributed by atoms with van der Waals surface area (Å²) in [7, 11) is 0. The first-order valence-corrected chi connectivity index (χ1v) is 7.16. The van der Waals surface area contributed by atoms with Crippen LogP contribution in [0.5, 0.6) is 5.88 Å². The molecule has 1 atom stereocenters. The maximum atomic E-state index is 13.1. The topological polar surface area (TPSA) is 68.5 Å². The van der Waals surface area contributed by atoms with Gasteiger partial charge in [0.2, 0.25) is 5.88 Å². The Morgan fingerprint density at radius 3 is 2.58 bits per heavy atom. The second kappa shape index (κ2) is 5.70. The Hall–Kier alpha value is -2.77. The Balaban J connectivity index is 2.11. The monoisotopic (exact) mass is 337 g/mol. The van der Waals surface area contributed by atoms with Crippen LogP contribution in [-0.4, -0.2) is 17.5 Å². The molecule has 5 nitrogen and oxygen atoms in total. The van der Waals surface area contributed by atoms with Crippen LogP contribution in [-0.2, 0) is 11.0 Å². The van der Waals surface area contributed by atoms with Crippen LogP contribution in [0.15, 0.2) is 36.4 Å². The minimum absolute atomic E-state index is 0.0378. The summed E-state index contributed by atoms with van der Waals surface area (Å²) in [5, 5.41) is 0. The molecule has 3 rings (SSSR count). The number of amides is 1. The first kappa shape index (κ1) is 16.1. The molecule has 2 aromatic rings. The molecule has 1 aliphatic heterocycles. The fraction of sp³-hybridized carbons (Fsp3) is 0.250.